The van der Waals surface area contributed by atoms with E-state index in [4.69, 9.17) is 9.84 Å². The quantitative estimate of drug-likeness (QED) is 0.288. The Kier molecular flexibility index (Phi) is 7.26. The largest absolute Gasteiger partial charge is 0.490 e. The lowest BCUT2D eigenvalue weighted by Crippen LogP contribution is -2.40. The van der Waals surface area contributed by atoms with Crippen molar-refractivity contribution in [3.05, 3.63) is 82.4 Å². The van der Waals surface area contributed by atoms with Gasteiger partial charge in [0, 0.05) is 12.5 Å². The molecule has 3 aromatic rings. The third-order valence-corrected chi connectivity index (χ3v) is 7.44. The zero-order chi connectivity index (χ0) is 26.6. The first kappa shape index (κ1) is 25.3. The van der Waals surface area contributed by atoms with Crippen LogP contribution in [0, 0.1) is 16.0 Å². The van der Waals surface area contributed by atoms with Crippen LogP contribution in [0.25, 0.3) is 11.1 Å². The lowest BCUT2D eigenvalue weighted by atomic mass is 9.77. The van der Waals surface area contributed by atoms with Crippen molar-refractivity contribution in [3.8, 4) is 16.9 Å². The number of nitro groups is 1. The number of amides is 2. The van der Waals surface area contributed by atoms with Crippen LogP contribution in [0.5, 0.6) is 5.75 Å². The molecule has 9 heteroatoms. The van der Waals surface area contributed by atoms with Gasteiger partial charge in [-0.3, -0.25) is 19.8 Å². The molecule has 1 aliphatic heterocycles. The van der Waals surface area contributed by atoms with Crippen LogP contribution in [0.3, 0.4) is 0 Å². The number of ether oxygens (including phenoxy) is 1. The van der Waals surface area contributed by atoms with Crippen LogP contribution in [0.4, 0.5) is 21.9 Å². The van der Waals surface area contributed by atoms with Crippen molar-refractivity contribution >= 4 is 29.1 Å². The smallest absolute Gasteiger partial charge is 0.326 e. The van der Waals surface area contributed by atoms with Crippen molar-refractivity contribution in [3.63, 3.8) is 0 Å². The third-order valence-electron chi connectivity index (χ3n) is 7.44. The topological polar surface area (TPSA) is 122 Å². The molecule has 9 nitrogen and oxygen atoms in total. The summed E-state index contributed by atoms with van der Waals surface area (Å²) in [6, 6.07) is 19.7. The number of hydrogen-bond donors (Lipinski definition) is 2. The highest BCUT2D eigenvalue weighted by atomic mass is 16.6. The van der Waals surface area contributed by atoms with Crippen molar-refractivity contribution < 1.29 is 24.4 Å². The molecule has 0 aromatic heterocycles. The maximum Gasteiger partial charge on any atom is 0.326 e. The van der Waals surface area contributed by atoms with Gasteiger partial charge in [-0.1, -0.05) is 42.5 Å². The molecule has 0 saturated heterocycles. The lowest BCUT2D eigenvalue weighted by Gasteiger charge is -2.30. The summed E-state index contributed by atoms with van der Waals surface area (Å²) in [6.45, 7) is 0.631. The highest BCUT2D eigenvalue weighted by Gasteiger charge is 2.27. The molecule has 2 aliphatic rings. The number of anilines is 2. The second-order valence-electron chi connectivity index (χ2n) is 9.82. The van der Waals surface area contributed by atoms with Crippen molar-refractivity contribution in [2.75, 3.05) is 23.4 Å². The number of hydrogen-bond acceptors (Lipinski definition) is 5. The minimum atomic E-state index is -0.712. The van der Waals surface area contributed by atoms with E-state index in [9.17, 15) is 19.7 Å². The van der Waals surface area contributed by atoms with Gasteiger partial charge in [0.1, 0.15) is 18.0 Å². The molecule has 0 spiro atoms. The molecule has 38 heavy (non-hydrogen) atoms. The molecule has 1 saturated carbocycles. The molecular weight excluding hydrogens is 486 g/mol. The molecule has 0 atom stereocenters. The fourth-order valence-corrected chi connectivity index (χ4v) is 5.43. The maximum atomic E-state index is 13.0. The summed E-state index contributed by atoms with van der Waals surface area (Å²) in [4.78, 5) is 36.3. The van der Waals surface area contributed by atoms with Gasteiger partial charge in [-0.05, 0) is 72.4 Å². The molecule has 2 N–H and O–H groups in total. The number of carbonyl (C=O) groups excluding carboxylic acids is 1. The fraction of sp³-hybridized carbons (Fsp3) is 0.310. The number of carbonyl (C=O) groups is 2. The van der Waals surface area contributed by atoms with E-state index in [1.165, 1.54) is 22.6 Å². The Labute approximate surface area is 220 Å². The van der Waals surface area contributed by atoms with Crippen LogP contribution < -0.4 is 15.0 Å². The number of rotatable bonds is 6. The van der Waals surface area contributed by atoms with E-state index in [2.05, 4.69) is 29.6 Å². The molecule has 1 heterocycles. The van der Waals surface area contributed by atoms with Crippen LogP contribution in [0.15, 0.2) is 66.7 Å². The highest BCUT2D eigenvalue weighted by molar-refractivity contribution is 6.04. The average molecular weight is 516 g/mol. The minimum Gasteiger partial charge on any atom is -0.490 e. The number of aliphatic carboxylic acids is 1. The first-order chi connectivity index (χ1) is 18.4. The highest BCUT2D eigenvalue weighted by Crippen LogP contribution is 2.39. The maximum absolute atomic E-state index is 13.0. The molecule has 3 aromatic carbocycles. The number of benzene rings is 3. The number of para-hydroxylation sites is 2. The Morgan fingerprint density at radius 3 is 2.42 bits per heavy atom. The van der Waals surface area contributed by atoms with Gasteiger partial charge in [0.25, 0.3) is 5.69 Å². The Bertz CT molecular complexity index is 1350. The second-order valence-corrected chi connectivity index (χ2v) is 9.82. The number of urea groups is 1. The number of fused-ring (bicyclic) bond motifs is 1. The second kappa shape index (κ2) is 10.9. The van der Waals surface area contributed by atoms with Crippen LogP contribution in [0.2, 0.25) is 0 Å². The molecule has 0 unspecified atom stereocenters. The summed E-state index contributed by atoms with van der Waals surface area (Å²) < 4.78 is 5.86. The van der Waals surface area contributed by atoms with Gasteiger partial charge in [0.05, 0.1) is 17.2 Å². The summed E-state index contributed by atoms with van der Waals surface area (Å²) in [5.74, 6) is 0.597. The molecule has 196 valence electrons. The van der Waals surface area contributed by atoms with Crippen molar-refractivity contribution in [1.29, 1.82) is 0 Å². The number of nitrogens with one attached hydrogen (secondary N) is 1. The Hall–Kier alpha value is -4.40. The average Bonchev–Trinajstić information content (AvgIpc) is 2.93. The van der Waals surface area contributed by atoms with Crippen LogP contribution >= 0.6 is 0 Å². The van der Waals surface area contributed by atoms with Gasteiger partial charge in [-0.2, -0.15) is 0 Å². The molecule has 0 bridgehead atoms. The standard InChI is InChI=1S/C29H29N3O6/c33-28(34)17-19-5-7-20(8-6-19)21-9-11-22(12-10-21)23-13-14-26-27(18-23)38-16-15-31(26)29(35)30-24-3-1-2-4-25(24)32(36)37/h1-4,9-14,18-20H,5-8,15-17H2,(H,30,35)(H,33,34). The monoisotopic (exact) mass is 515 g/mol. The van der Waals surface area contributed by atoms with Gasteiger partial charge in [0.15, 0.2) is 0 Å². The Balaban J connectivity index is 1.28. The van der Waals surface area contributed by atoms with Gasteiger partial charge < -0.3 is 15.2 Å². The first-order valence-corrected chi connectivity index (χ1v) is 12.8. The van der Waals surface area contributed by atoms with E-state index < -0.39 is 16.9 Å². The number of carboxylic acid groups (broad SMARTS) is 1. The van der Waals surface area contributed by atoms with Crippen LogP contribution in [-0.4, -0.2) is 35.2 Å². The van der Waals surface area contributed by atoms with Gasteiger partial charge in [-0.15, -0.1) is 0 Å². The van der Waals surface area contributed by atoms with Crippen LogP contribution in [-0.2, 0) is 4.79 Å². The van der Waals surface area contributed by atoms with Gasteiger partial charge in [-0.25, -0.2) is 4.79 Å². The van der Waals surface area contributed by atoms with Gasteiger partial charge >= 0.3 is 12.0 Å². The van der Waals surface area contributed by atoms with E-state index in [-0.39, 0.29) is 23.7 Å². The summed E-state index contributed by atoms with van der Waals surface area (Å²) in [6.07, 6.45) is 4.17. The molecular formula is C29H29N3O6. The van der Waals surface area contributed by atoms with Crippen molar-refractivity contribution in [2.45, 2.75) is 38.0 Å². The third kappa shape index (κ3) is 5.46. The summed E-state index contributed by atoms with van der Waals surface area (Å²) in [5, 5.41) is 23.0. The van der Waals surface area contributed by atoms with E-state index in [0.29, 0.717) is 30.5 Å². The fourth-order valence-electron chi connectivity index (χ4n) is 5.43. The normalized spacial score (nSPS) is 18.7. The van der Waals surface area contributed by atoms with Gasteiger partial charge in [0.2, 0.25) is 0 Å². The lowest BCUT2D eigenvalue weighted by molar-refractivity contribution is -0.383. The predicted octanol–water partition coefficient (Wildman–Crippen LogP) is 6.44. The number of nitro benzene ring substituents is 1. The van der Waals surface area contributed by atoms with Crippen LogP contribution in [0.1, 0.15) is 43.6 Å². The predicted molar refractivity (Wildman–Crippen MR) is 144 cm³/mol. The SMILES string of the molecule is O=C(O)CC1CCC(c2ccc(-c3ccc4c(c3)OCCN4C(=O)Nc3ccccc3[N+](=O)[O-])cc2)CC1. The summed E-state index contributed by atoms with van der Waals surface area (Å²) in [5.41, 5.74) is 3.84. The van der Waals surface area contributed by atoms with E-state index >= 15 is 0 Å². The Morgan fingerprint density at radius 2 is 1.71 bits per heavy atom. The summed E-state index contributed by atoms with van der Waals surface area (Å²) in [7, 11) is 0. The number of nitrogens with zero attached hydrogens (tertiary/aromatic N) is 2. The first-order valence-electron chi connectivity index (χ1n) is 12.8. The van der Waals surface area contributed by atoms with Crippen molar-refractivity contribution in [1.82, 2.24) is 0 Å². The van der Waals surface area contributed by atoms with E-state index in [0.717, 1.165) is 36.8 Å². The molecule has 1 aliphatic carbocycles. The minimum absolute atomic E-state index is 0.141. The Morgan fingerprint density at radius 1 is 1.00 bits per heavy atom. The van der Waals surface area contributed by atoms with Crippen molar-refractivity contribution in [2.24, 2.45) is 5.92 Å². The molecule has 1 fully saturated rings. The number of carboxylic acids is 1. The molecule has 2 amide bonds. The van der Waals surface area contributed by atoms with E-state index in [1.54, 1.807) is 12.1 Å². The summed E-state index contributed by atoms with van der Waals surface area (Å²) >= 11 is 0. The zero-order valence-corrected chi connectivity index (χ0v) is 20.8. The van der Waals surface area contributed by atoms with E-state index in [1.807, 2.05) is 18.2 Å². The molecule has 0 radical (unpaired) electrons. The zero-order valence-electron chi connectivity index (χ0n) is 20.8. The molecule has 5 rings (SSSR count).